The van der Waals surface area contributed by atoms with Gasteiger partial charge in [0.1, 0.15) is 5.82 Å². The molecule has 6 nitrogen and oxygen atoms in total. The summed E-state index contributed by atoms with van der Waals surface area (Å²) in [6.07, 6.45) is 6.72. The third-order valence-electron chi connectivity index (χ3n) is 7.89. The largest absolute Gasteiger partial charge is 0.381 e. The topological polar surface area (TPSA) is 68.9 Å². The van der Waals surface area contributed by atoms with Crippen molar-refractivity contribution in [1.82, 2.24) is 25.2 Å². The summed E-state index contributed by atoms with van der Waals surface area (Å²) < 4.78 is 0. The number of anilines is 1. The number of hydrogen-bond donors (Lipinski definition) is 3. The zero-order valence-corrected chi connectivity index (χ0v) is 23.0. The van der Waals surface area contributed by atoms with Crippen LogP contribution in [0.2, 0.25) is 0 Å². The first-order valence-electron chi connectivity index (χ1n) is 14.5. The molecule has 0 unspecified atom stereocenters. The molecular weight excluding hydrogens is 492 g/mol. The summed E-state index contributed by atoms with van der Waals surface area (Å²) in [5.41, 5.74) is 7.00. The van der Waals surface area contributed by atoms with E-state index in [0.717, 1.165) is 48.7 Å². The van der Waals surface area contributed by atoms with Gasteiger partial charge < -0.3 is 15.6 Å². The van der Waals surface area contributed by atoms with E-state index in [9.17, 15) is 0 Å². The zero-order valence-electron chi connectivity index (χ0n) is 23.0. The molecule has 5 aromatic rings. The Balaban J connectivity index is 1.18. The highest BCUT2D eigenvalue weighted by Gasteiger charge is 2.31. The van der Waals surface area contributed by atoms with E-state index < -0.39 is 0 Å². The van der Waals surface area contributed by atoms with Crippen LogP contribution < -0.4 is 10.6 Å². The summed E-state index contributed by atoms with van der Waals surface area (Å²) in [4.78, 5) is 15.5. The van der Waals surface area contributed by atoms with Crippen LogP contribution in [0.25, 0.3) is 11.0 Å². The molecule has 0 amide bonds. The van der Waals surface area contributed by atoms with Crippen molar-refractivity contribution in [2.24, 2.45) is 0 Å². The van der Waals surface area contributed by atoms with Crippen LogP contribution in [0, 0.1) is 0 Å². The van der Waals surface area contributed by atoms with Crippen molar-refractivity contribution in [2.75, 3.05) is 5.32 Å². The lowest BCUT2D eigenvalue weighted by molar-refractivity contribution is 0.126. The number of fused-ring (bicyclic) bond motifs is 1. The van der Waals surface area contributed by atoms with Gasteiger partial charge in [-0.2, -0.15) is 0 Å². The highest BCUT2D eigenvalue weighted by molar-refractivity contribution is 5.74. The van der Waals surface area contributed by atoms with E-state index in [0.29, 0.717) is 12.1 Å². The van der Waals surface area contributed by atoms with E-state index in [4.69, 9.17) is 4.98 Å². The molecule has 3 aromatic carbocycles. The average Bonchev–Trinajstić information content (AvgIpc) is 3.42. The Morgan fingerprint density at radius 1 is 0.750 bits per heavy atom. The highest BCUT2D eigenvalue weighted by Crippen LogP contribution is 2.29. The number of imidazole rings is 1. The Hall–Kier alpha value is -4.00. The number of aromatic nitrogens is 3. The van der Waals surface area contributed by atoms with Gasteiger partial charge >= 0.3 is 0 Å². The number of benzene rings is 3. The summed E-state index contributed by atoms with van der Waals surface area (Å²) >= 11 is 0. The van der Waals surface area contributed by atoms with E-state index >= 15 is 0 Å². The summed E-state index contributed by atoms with van der Waals surface area (Å²) in [5.74, 6) is 1.03. The molecule has 6 rings (SSSR count). The number of para-hydroxylation sites is 3. The minimum Gasteiger partial charge on any atom is -0.381 e. The second kappa shape index (κ2) is 12.9. The molecule has 1 aliphatic rings. The molecule has 40 heavy (non-hydrogen) atoms. The average molecular weight is 531 g/mol. The number of nitrogens with one attached hydrogen (secondary N) is 3. The number of nitrogens with zero attached hydrogens (tertiary/aromatic N) is 3. The van der Waals surface area contributed by atoms with Crippen LogP contribution in [-0.2, 0) is 26.2 Å². The van der Waals surface area contributed by atoms with Crippen LogP contribution >= 0.6 is 0 Å². The van der Waals surface area contributed by atoms with E-state index in [1.165, 1.54) is 42.5 Å². The van der Waals surface area contributed by atoms with Gasteiger partial charge in [0.15, 0.2) is 0 Å². The Labute approximate surface area is 236 Å². The molecule has 6 heteroatoms. The fourth-order valence-electron chi connectivity index (χ4n) is 5.86. The number of pyridine rings is 1. The number of H-pyrrole nitrogens is 1. The molecule has 1 aliphatic carbocycles. The third kappa shape index (κ3) is 6.76. The van der Waals surface area contributed by atoms with Crippen molar-refractivity contribution >= 4 is 16.7 Å². The molecule has 0 aliphatic heterocycles. The highest BCUT2D eigenvalue weighted by atomic mass is 15.2. The third-order valence-corrected chi connectivity index (χ3v) is 7.89. The van der Waals surface area contributed by atoms with Gasteiger partial charge in [-0.1, -0.05) is 73.5 Å². The molecule has 1 saturated carbocycles. The van der Waals surface area contributed by atoms with Gasteiger partial charge in [-0.15, -0.1) is 0 Å². The van der Waals surface area contributed by atoms with Gasteiger partial charge in [0.05, 0.1) is 23.3 Å². The standard InChI is InChI=1S/C34H38N6/c1-2-10-28(11-3-1)37-32-15-6-7-16-33(32)40(25-34-38-30-13-4-5-14-31(30)39-34)24-27-19-17-26(18-20-27)22-35-23-29-12-8-9-21-36-29/h1-5,8-14,17-21,32-33,35,37H,6-7,15-16,22-25H2,(H,38,39)/t32-,33-/m0/s1. The Bertz CT molecular complexity index is 1430. The van der Waals surface area contributed by atoms with E-state index in [1.54, 1.807) is 0 Å². The molecule has 3 N–H and O–H groups in total. The molecule has 0 bridgehead atoms. The van der Waals surface area contributed by atoms with Gasteiger partial charge in [-0.25, -0.2) is 4.98 Å². The van der Waals surface area contributed by atoms with Gasteiger partial charge in [0.2, 0.25) is 0 Å². The zero-order chi connectivity index (χ0) is 27.0. The van der Waals surface area contributed by atoms with Crippen LogP contribution in [0.3, 0.4) is 0 Å². The maximum atomic E-state index is 4.94. The predicted octanol–water partition coefficient (Wildman–Crippen LogP) is 6.67. The van der Waals surface area contributed by atoms with E-state index in [-0.39, 0.29) is 0 Å². The SMILES string of the molecule is c1ccc(N[C@H]2CCCC[C@@H]2N(Cc2ccc(CNCc3ccccn3)cc2)Cc2nc3ccccc3[nH]2)cc1. The summed E-state index contributed by atoms with van der Waals surface area (Å²) in [6, 6.07) is 34.9. The molecule has 1 fully saturated rings. The lowest BCUT2D eigenvalue weighted by Crippen LogP contribution is -2.48. The predicted molar refractivity (Wildman–Crippen MR) is 163 cm³/mol. The van der Waals surface area contributed by atoms with Gasteiger partial charge in [0, 0.05) is 43.6 Å². The lowest BCUT2D eigenvalue weighted by Gasteiger charge is -2.40. The van der Waals surface area contributed by atoms with Gasteiger partial charge in [0.25, 0.3) is 0 Å². The Morgan fingerprint density at radius 3 is 2.35 bits per heavy atom. The fraction of sp³-hybridized carbons (Fsp3) is 0.294. The van der Waals surface area contributed by atoms with E-state index in [1.807, 2.05) is 18.3 Å². The molecule has 204 valence electrons. The van der Waals surface area contributed by atoms with Crippen molar-refractivity contribution in [2.45, 2.75) is 63.9 Å². The first kappa shape index (κ1) is 26.2. The maximum absolute atomic E-state index is 4.94. The Kier molecular flexibility index (Phi) is 8.46. The Morgan fingerprint density at radius 2 is 1.52 bits per heavy atom. The normalized spacial score (nSPS) is 17.3. The number of rotatable bonds is 11. The van der Waals surface area contributed by atoms with Crippen LogP contribution in [0.4, 0.5) is 5.69 Å². The minimum atomic E-state index is 0.399. The molecule has 2 atom stereocenters. The molecule has 2 aromatic heterocycles. The lowest BCUT2D eigenvalue weighted by atomic mass is 9.88. The summed E-state index contributed by atoms with van der Waals surface area (Å²) in [5, 5.41) is 7.38. The number of hydrogen-bond acceptors (Lipinski definition) is 5. The first-order valence-corrected chi connectivity index (χ1v) is 14.5. The van der Waals surface area contributed by atoms with Crippen molar-refractivity contribution < 1.29 is 0 Å². The van der Waals surface area contributed by atoms with E-state index in [2.05, 4.69) is 110 Å². The smallest absolute Gasteiger partial charge is 0.121 e. The van der Waals surface area contributed by atoms with Crippen LogP contribution in [0.15, 0.2) is 103 Å². The monoisotopic (exact) mass is 530 g/mol. The van der Waals surface area contributed by atoms with Gasteiger partial charge in [-0.05, 0) is 60.4 Å². The summed E-state index contributed by atoms with van der Waals surface area (Å²) in [6.45, 7) is 3.27. The van der Waals surface area contributed by atoms with Crippen molar-refractivity contribution in [3.05, 3.63) is 126 Å². The van der Waals surface area contributed by atoms with Crippen LogP contribution in [0.5, 0.6) is 0 Å². The fourth-order valence-corrected chi connectivity index (χ4v) is 5.86. The second-order valence-electron chi connectivity index (χ2n) is 10.8. The minimum absolute atomic E-state index is 0.399. The van der Waals surface area contributed by atoms with Crippen molar-refractivity contribution in [3.63, 3.8) is 0 Å². The van der Waals surface area contributed by atoms with Crippen LogP contribution in [0.1, 0.15) is 48.3 Å². The van der Waals surface area contributed by atoms with Gasteiger partial charge in [-0.3, -0.25) is 9.88 Å². The summed E-state index contributed by atoms with van der Waals surface area (Å²) in [7, 11) is 0. The molecule has 0 radical (unpaired) electrons. The molecule has 2 heterocycles. The maximum Gasteiger partial charge on any atom is 0.121 e. The van der Waals surface area contributed by atoms with Crippen molar-refractivity contribution in [1.29, 1.82) is 0 Å². The second-order valence-corrected chi connectivity index (χ2v) is 10.8. The quantitative estimate of drug-likeness (QED) is 0.178. The molecule has 0 spiro atoms. The first-order chi connectivity index (χ1) is 19.8. The van der Waals surface area contributed by atoms with Crippen molar-refractivity contribution in [3.8, 4) is 0 Å². The number of aromatic amines is 1. The molecule has 0 saturated heterocycles. The van der Waals surface area contributed by atoms with Crippen LogP contribution in [-0.4, -0.2) is 31.9 Å². The molecular formula is C34H38N6.